The van der Waals surface area contributed by atoms with E-state index in [1.165, 1.54) is 0 Å². The molecule has 0 unspecified atom stereocenters. The van der Waals surface area contributed by atoms with Crippen LogP contribution in [0.1, 0.15) is 11.1 Å². The Morgan fingerprint density at radius 3 is 1.94 bits per heavy atom. The first-order chi connectivity index (χ1) is 15.0. The smallest absolute Gasteiger partial charge is 0.249 e. The van der Waals surface area contributed by atoms with Gasteiger partial charge in [-0.25, -0.2) is 4.98 Å². The quantitative estimate of drug-likeness (QED) is 0.490. The number of hydrogen-bond acceptors (Lipinski definition) is 8. The summed E-state index contributed by atoms with van der Waals surface area (Å²) in [6, 6.07) is 11.3. The van der Waals surface area contributed by atoms with Crippen LogP contribution in [0.2, 0.25) is 0 Å². The third-order valence-electron chi connectivity index (χ3n) is 5.00. The average Bonchev–Trinajstić information content (AvgIpc) is 3.19. The number of hydrogen-bond donors (Lipinski definition) is 2. The maximum Gasteiger partial charge on any atom is 0.249 e. The van der Waals surface area contributed by atoms with E-state index in [9.17, 15) is 10.2 Å². The number of benzene rings is 2. The van der Waals surface area contributed by atoms with E-state index in [-0.39, 0.29) is 13.2 Å². The largest absolute Gasteiger partial charge is 0.395 e. The summed E-state index contributed by atoms with van der Waals surface area (Å²) in [5.41, 5.74) is 5.11. The summed E-state index contributed by atoms with van der Waals surface area (Å²) >= 11 is 0. The molecule has 0 amide bonds. The Labute approximate surface area is 181 Å². The maximum atomic E-state index is 9.18. The third kappa shape index (κ3) is 5.59. The van der Waals surface area contributed by atoms with Crippen molar-refractivity contribution in [3.8, 4) is 0 Å². The van der Waals surface area contributed by atoms with E-state index < -0.39 is 0 Å². The van der Waals surface area contributed by atoms with E-state index >= 15 is 0 Å². The highest BCUT2D eigenvalue weighted by atomic mass is 16.3. The lowest BCUT2D eigenvalue weighted by Gasteiger charge is -2.22. The molecule has 162 valence electrons. The van der Waals surface area contributed by atoms with Crippen LogP contribution >= 0.6 is 0 Å². The van der Waals surface area contributed by atoms with Gasteiger partial charge in [0.25, 0.3) is 0 Å². The summed E-state index contributed by atoms with van der Waals surface area (Å²) in [7, 11) is 1.87. The number of rotatable bonds is 9. The molecule has 0 atom stereocenters. The number of azo groups is 2. The Kier molecular flexibility index (Phi) is 7.58. The van der Waals surface area contributed by atoms with Crippen molar-refractivity contribution in [2.45, 2.75) is 13.8 Å². The fraction of sp³-hybridized carbons (Fsp3) is 0.318. The van der Waals surface area contributed by atoms with Gasteiger partial charge < -0.3 is 19.7 Å². The van der Waals surface area contributed by atoms with Crippen molar-refractivity contribution < 1.29 is 10.2 Å². The highest BCUT2D eigenvalue weighted by molar-refractivity contribution is 5.60. The summed E-state index contributed by atoms with van der Waals surface area (Å²) in [6.45, 7) is 4.93. The zero-order valence-electron chi connectivity index (χ0n) is 18.0. The minimum Gasteiger partial charge on any atom is -0.395 e. The number of aromatic nitrogens is 2. The zero-order valence-corrected chi connectivity index (χ0v) is 18.0. The normalized spacial score (nSPS) is 11.6. The number of anilines is 1. The van der Waals surface area contributed by atoms with Crippen LogP contribution in [0.25, 0.3) is 0 Å². The Bertz CT molecular complexity index is 1050. The highest BCUT2D eigenvalue weighted by Gasteiger charge is 2.07. The molecule has 0 aliphatic carbocycles. The molecule has 0 aliphatic rings. The molecule has 0 bridgehead atoms. The molecular formula is C22H27N7O2. The minimum atomic E-state index is 0.0251. The number of aliphatic hydroxyl groups excluding tert-OH is 2. The standard InChI is InChI=1S/C22H27N7O2/c1-16-17(2)21(26-27-22-23-10-11-28(22)3)9-8-20(16)25-24-18-4-6-19(7-5-18)29(12-14-30)13-15-31/h4-11,30-31H,12-15H2,1-3H3. The Balaban J connectivity index is 1.74. The van der Waals surface area contributed by atoms with Gasteiger partial charge in [-0.1, -0.05) is 0 Å². The van der Waals surface area contributed by atoms with Crippen LogP contribution in [-0.2, 0) is 7.05 Å². The Morgan fingerprint density at radius 2 is 1.42 bits per heavy atom. The fourth-order valence-corrected chi connectivity index (χ4v) is 3.01. The second kappa shape index (κ2) is 10.6. The molecule has 31 heavy (non-hydrogen) atoms. The van der Waals surface area contributed by atoms with Crippen molar-refractivity contribution in [3.63, 3.8) is 0 Å². The SMILES string of the molecule is Cc1c(N=Nc2ccc(N(CCO)CCO)cc2)ccc(N=Nc2nccn2C)c1C. The highest BCUT2D eigenvalue weighted by Crippen LogP contribution is 2.32. The molecule has 1 aromatic heterocycles. The summed E-state index contributed by atoms with van der Waals surface area (Å²) in [5, 5.41) is 35.6. The third-order valence-corrected chi connectivity index (χ3v) is 5.00. The van der Waals surface area contributed by atoms with E-state index in [2.05, 4.69) is 25.4 Å². The van der Waals surface area contributed by atoms with Gasteiger partial charge in [0, 0.05) is 38.2 Å². The predicted molar refractivity (Wildman–Crippen MR) is 120 cm³/mol. The molecule has 0 saturated carbocycles. The van der Waals surface area contributed by atoms with Gasteiger partial charge in [-0.3, -0.25) is 0 Å². The van der Waals surface area contributed by atoms with E-state index in [0.717, 1.165) is 28.2 Å². The van der Waals surface area contributed by atoms with Crippen LogP contribution in [-0.4, -0.2) is 46.1 Å². The lowest BCUT2D eigenvalue weighted by Crippen LogP contribution is -2.29. The molecule has 2 N–H and O–H groups in total. The van der Waals surface area contributed by atoms with Crippen LogP contribution in [0.4, 0.5) is 28.7 Å². The van der Waals surface area contributed by atoms with Crippen molar-refractivity contribution in [3.05, 3.63) is 59.9 Å². The van der Waals surface area contributed by atoms with Gasteiger partial charge in [0.2, 0.25) is 5.95 Å². The number of nitrogens with zero attached hydrogens (tertiary/aromatic N) is 7. The molecule has 0 radical (unpaired) electrons. The van der Waals surface area contributed by atoms with Crippen molar-refractivity contribution in [2.75, 3.05) is 31.2 Å². The monoisotopic (exact) mass is 421 g/mol. The summed E-state index contributed by atoms with van der Waals surface area (Å²) < 4.78 is 1.80. The second-order valence-electron chi connectivity index (χ2n) is 7.04. The van der Waals surface area contributed by atoms with Crippen molar-refractivity contribution in [1.29, 1.82) is 0 Å². The molecule has 3 aromatic rings. The number of aliphatic hydroxyl groups is 2. The molecule has 0 spiro atoms. The first kappa shape index (κ1) is 22.3. The van der Waals surface area contributed by atoms with Crippen LogP contribution in [0.15, 0.2) is 69.2 Å². The first-order valence-corrected chi connectivity index (χ1v) is 10.0. The van der Waals surface area contributed by atoms with Gasteiger partial charge in [-0.2, -0.15) is 10.2 Å². The Morgan fingerprint density at radius 1 is 0.839 bits per heavy atom. The molecule has 2 aromatic carbocycles. The van der Waals surface area contributed by atoms with Crippen LogP contribution < -0.4 is 4.90 Å². The number of imidazole rings is 1. The topological polar surface area (TPSA) is 111 Å². The van der Waals surface area contributed by atoms with Crippen LogP contribution in [0, 0.1) is 13.8 Å². The van der Waals surface area contributed by atoms with E-state index in [4.69, 9.17) is 0 Å². The molecule has 3 rings (SSSR count). The van der Waals surface area contributed by atoms with E-state index in [1.807, 2.05) is 68.4 Å². The van der Waals surface area contributed by atoms with Gasteiger partial charge in [0.15, 0.2) is 0 Å². The summed E-state index contributed by atoms with van der Waals surface area (Å²) in [4.78, 5) is 6.05. The predicted octanol–water partition coefficient (Wildman–Crippen LogP) is 4.66. The molecule has 0 aliphatic heterocycles. The average molecular weight is 422 g/mol. The van der Waals surface area contributed by atoms with Crippen molar-refractivity contribution in [2.24, 2.45) is 27.5 Å². The van der Waals surface area contributed by atoms with E-state index in [1.54, 1.807) is 10.8 Å². The molecule has 9 nitrogen and oxygen atoms in total. The van der Waals surface area contributed by atoms with Gasteiger partial charge in [0.1, 0.15) is 0 Å². The lowest BCUT2D eigenvalue weighted by atomic mass is 10.1. The van der Waals surface area contributed by atoms with Gasteiger partial charge in [-0.05, 0) is 61.4 Å². The first-order valence-electron chi connectivity index (χ1n) is 10.0. The van der Waals surface area contributed by atoms with E-state index in [0.29, 0.717) is 24.7 Å². The fourth-order valence-electron chi connectivity index (χ4n) is 3.01. The summed E-state index contributed by atoms with van der Waals surface area (Å²) in [6.07, 6.45) is 3.50. The van der Waals surface area contributed by atoms with Gasteiger partial charge in [-0.15, -0.1) is 10.2 Å². The second-order valence-corrected chi connectivity index (χ2v) is 7.04. The van der Waals surface area contributed by atoms with Crippen LogP contribution in [0.5, 0.6) is 0 Å². The zero-order chi connectivity index (χ0) is 22.2. The molecule has 0 fully saturated rings. The van der Waals surface area contributed by atoms with Crippen LogP contribution in [0.3, 0.4) is 0 Å². The molecular weight excluding hydrogens is 394 g/mol. The summed E-state index contributed by atoms with van der Waals surface area (Å²) in [5.74, 6) is 0.542. The maximum absolute atomic E-state index is 9.18. The number of aryl methyl sites for hydroxylation is 1. The minimum absolute atomic E-state index is 0.0251. The molecule has 1 heterocycles. The lowest BCUT2D eigenvalue weighted by molar-refractivity contribution is 0.281. The van der Waals surface area contributed by atoms with Gasteiger partial charge in [0.05, 0.1) is 30.3 Å². The van der Waals surface area contributed by atoms with Crippen molar-refractivity contribution >= 4 is 28.7 Å². The van der Waals surface area contributed by atoms with Gasteiger partial charge >= 0.3 is 0 Å². The van der Waals surface area contributed by atoms with Crippen molar-refractivity contribution in [1.82, 2.24) is 9.55 Å². The molecule has 9 heteroatoms. The Hall–Kier alpha value is -3.43. The molecule has 0 saturated heterocycles.